The number of halogens is 3. The Balaban J connectivity index is 1.92. The van der Waals surface area contributed by atoms with Gasteiger partial charge in [0.1, 0.15) is 5.60 Å². The van der Waals surface area contributed by atoms with Gasteiger partial charge in [-0.1, -0.05) is 6.07 Å². The van der Waals surface area contributed by atoms with E-state index >= 15 is 0 Å². The number of amides is 1. The molecule has 2 aliphatic heterocycles. The van der Waals surface area contributed by atoms with Gasteiger partial charge in [0.25, 0.3) is 0 Å². The molecular formula is C21H25F3N2O3. The van der Waals surface area contributed by atoms with Crippen molar-refractivity contribution in [1.82, 2.24) is 4.90 Å². The quantitative estimate of drug-likeness (QED) is 0.727. The summed E-state index contributed by atoms with van der Waals surface area (Å²) in [6, 6.07) is 4.29. The summed E-state index contributed by atoms with van der Waals surface area (Å²) >= 11 is 0. The highest BCUT2D eigenvalue weighted by Crippen LogP contribution is 2.46. The lowest BCUT2D eigenvalue weighted by Gasteiger charge is -2.52. The first-order valence-electron chi connectivity index (χ1n) is 9.69. The summed E-state index contributed by atoms with van der Waals surface area (Å²) in [7, 11) is 0. The predicted octanol–water partition coefficient (Wildman–Crippen LogP) is 4.72. The molecule has 29 heavy (non-hydrogen) atoms. The number of rotatable bonds is 1. The topological polar surface area (TPSA) is 73.6 Å². The van der Waals surface area contributed by atoms with Gasteiger partial charge in [-0.15, -0.1) is 0 Å². The van der Waals surface area contributed by atoms with Gasteiger partial charge in [0.2, 0.25) is 0 Å². The van der Waals surface area contributed by atoms with E-state index in [2.05, 4.69) is 0 Å². The highest BCUT2D eigenvalue weighted by atomic mass is 19.4. The third-order valence-electron chi connectivity index (χ3n) is 5.60. The number of carbonyl (C=O) groups is 1. The van der Waals surface area contributed by atoms with Gasteiger partial charge in [0.15, 0.2) is 0 Å². The molecule has 8 heteroatoms. The number of nitriles is 1. The van der Waals surface area contributed by atoms with Crippen molar-refractivity contribution in [2.45, 2.75) is 82.3 Å². The Morgan fingerprint density at radius 3 is 2.31 bits per heavy atom. The van der Waals surface area contributed by atoms with Crippen molar-refractivity contribution >= 4 is 6.09 Å². The Kier molecular flexibility index (Phi) is 5.33. The Labute approximate surface area is 168 Å². The molecule has 1 N–H and O–H groups in total. The number of piperidine rings is 2. The zero-order valence-electron chi connectivity index (χ0n) is 16.7. The maximum Gasteiger partial charge on any atom is 0.417 e. The van der Waals surface area contributed by atoms with E-state index in [0.717, 1.165) is 18.6 Å². The fourth-order valence-electron chi connectivity index (χ4n) is 4.44. The Morgan fingerprint density at radius 2 is 1.83 bits per heavy atom. The van der Waals surface area contributed by atoms with Crippen LogP contribution in [0.25, 0.3) is 0 Å². The molecule has 3 rings (SSSR count). The molecule has 5 nitrogen and oxygen atoms in total. The van der Waals surface area contributed by atoms with Crippen LogP contribution >= 0.6 is 0 Å². The summed E-state index contributed by atoms with van der Waals surface area (Å²) in [5.74, 6) is 0. The standard InChI is InChI=1S/C21H25F3N2O3/c1-19(2,3)29-18(27)26-15-5-4-6-16(26)11-20(28,10-15)14-8-7-13(12-25)17(9-14)21(22,23)24/h7-9,15-16,28H,4-6,10-11H2,1-3H3. The van der Waals surface area contributed by atoms with Crippen LogP contribution in [0.1, 0.15) is 69.6 Å². The molecule has 0 aromatic heterocycles. The van der Waals surface area contributed by atoms with Crippen LogP contribution in [0.15, 0.2) is 18.2 Å². The molecule has 2 fully saturated rings. The first-order valence-corrected chi connectivity index (χ1v) is 9.69. The highest BCUT2D eigenvalue weighted by molar-refractivity contribution is 5.69. The summed E-state index contributed by atoms with van der Waals surface area (Å²) in [5.41, 5.74) is -3.55. The smallest absolute Gasteiger partial charge is 0.417 e. The van der Waals surface area contributed by atoms with Crippen molar-refractivity contribution in [2.75, 3.05) is 0 Å². The normalized spacial score (nSPS) is 27.3. The van der Waals surface area contributed by atoms with E-state index < -0.39 is 34.6 Å². The fraction of sp³-hybridized carbons (Fsp3) is 0.619. The number of ether oxygens (including phenoxy) is 1. The van der Waals surface area contributed by atoms with Gasteiger partial charge in [0.05, 0.1) is 22.8 Å². The predicted molar refractivity (Wildman–Crippen MR) is 98.8 cm³/mol. The average molecular weight is 410 g/mol. The highest BCUT2D eigenvalue weighted by Gasteiger charge is 2.49. The van der Waals surface area contributed by atoms with E-state index in [1.165, 1.54) is 6.07 Å². The minimum Gasteiger partial charge on any atom is -0.444 e. The first kappa shape index (κ1) is 21.4. The second-order valence-corrected chi connectivity index (χ2v) is 8.94. The number of nitrogens with zero attached hydrogens (tertiary/aromatic N) is 2. The lowest BCUT2D eigenvalue weighted by atomic mass is 9.72. The van der Waals surface area contributed by atoms with Crippen LogP contribution in [0.4, 0.5) is 18.0 Å². The molecule has 0 radical (unpaired) electrons. The summed E-state index contributed by atoms with van der Waals surface area (Å²) < 4.78 is 45.6. The molecular weight excluding hydrogens is 385 g/mol. The number of fused-ring (bicyclic) bond motifs is 2. The summed E-state index contributed by atoms with van der Waals surface area (Å²) in [4.78, 5) is 14.3. The number of alkyl halides is 3. The van der Waals surface area contributed by atoms with Gasteiger partial charge in [-0.3, -0.25) is 0 Å². The summed E-state index contributed by atoms with van der Waals surface area (Å²) in [5, 5.41) is 20.3. The number of carbonyl (C=O) groups excluding carboxylic acids is 1. The Hall–Kier alpha value is -2.27. The third kappa shape index (κ3) is 4.35. The molecule has 2 aliphatic rings. The fourth-order valence-corrected chi connectivity index (χ4v) is 4.44. The van der Waals surface area contributed by atoms with Gasteiger partial charge in [-0.2, -0.15) is 18.4 Å². The zero-order valence-corrected chi connectivity index (χ0v) is 16.7. The average Bonchev–Trinajstić information content (AvgIpc) is 2.58. The number of aliphatic hydroxyl groups is 1. The van der Waals surface area contributed by atoms with E-state index in [4.69, 9.17) is 10.00 Å². The summed E-state index contributed by atoms with van der Waals surface area (Å²) in [6.07, 6.45) is -2.69. The molecule has 158 valence electrons. The van der Waals surface area contributed by atoms with Crippen molar-refractivity contribution in [3.63, 3.8) is 0 Å². The maximum atomic E-state index is 13.4. The van der Waals surface area contributed by atoms with Crippen molar-refractivity contribution in [2.24, 2.45) is 0 Å². The molecule has 1 aromatic carbocycles. The lowest BCUT2D eigenvalue weighted by molar-refractivity contribution is -0.138. The molecule has 0 aliphatic carbocycles. The maximum absolute atomic E-state index is 13.4. The van der Waals surface area contributed by atoms with E-state index in [-0.39, 0.29) is 30.5 Å². The second kappa shape index (κ2) is 7.21. The monoisotopic (exact) mass is 410 g/mol. The minimum atomic E-state index is -4.69. The van der Waals surface area contributed by atoms with E-state index in [1.807, 2.05) is 0 Å². The van der Waals surface area contributed by atoms with Crippen LogP contribution in [0.3, 0.4) is 0 Å². The van der Waals surface area contributed by atoms with E-state index in [0.29, 0.717) is 12.8 Å². The van der Waals surface area contributed by atoms with Gasteiger partial charge in [-0.05, 0) is 57.7 Å². The molecule has 2 atom stereocenters. The molecule has 0 spiro atoms. The lowest BCUT2D eigenvalue weighted by Crippen LogP contribution is -2.59. The Bertz CT molecular complexity index is 825. The molecule has 1 aromatic rings. The molecule has 2 unspecified atom stereocenters. The second-order valence-electron chi connectivity index (χ2n) is 8.94. The van der Waals surface area contributed by atoms with Crippen LogP contribution in [0.5, 0.6) is 0 Å². The van der Waals surface area contributed by atoms with Crippen molar-refractivity contribution in [3.05, 3.63) is 34.9 Å². The molecule has 2 bridgehead atoms. The van der Waals surface area contributed by atoms with Crippen LogP contribution in [0, 0.1) is 11.3 Å². The van der Waals surface area contributed by atoms with Gasteiger partial charge < -0.3 is 14.7 Å². The van der Waals surface area contributed by atoms with Gasteiger partial charge in [-0.25, -0.2) is 4.79 Å². The number of benzene rings is 1. The largest absolute Gasteiger partial charge is 0.444 e. The van der Waals surface area contributed by atoms with Crippen molar-refractivity contribution in [3.8, 4) is 6.07 Å². The third-order valence-corrected chi connectivity index (χ3v) is 5.60. The molecule has 1 amide bonds. The van der Waals surface area contributed by atoms with Gasteiger partial charge in [0, 0.05) is 24.9 Å². The van der Waals surface area contributed by atoms with Crippen LogP contribution in [0.2, 0.25) is 0 Å². The summed E-state index contributed by atoms with van der Waals surface area (Å²) in [6.45, 7) is 5.32. The number of hydrogen-bond donors (Lipinski definition) is 1. The van der Waals surface area contributed by atoms with E-state index in [9.17, 15) is 23.1 Å². The van der Waals surface area contributed by atoms with Gasteiger partial charge >= 0.3 is 12.3 Å². The van der Waals surface area contributed by atoms with Crippen LogP contribution in [-0.4, -0.2) is 33.8 Å². The van der Waals surface area contributed by atoms with Crippen LogP contribution < -0.4 is 0 Å². The minimum absolute atomic E-state index is 0.129. The zero-order chi connectivity index (χ0) is 21.6. The van der Waals surface area contributed by atoms with Crippen molar-refractivity contribution < 1.29 is 27.8 Å². The van der Waals surface area contributed by atoms with Crippen molar-refractivity contribution in [1.29, 1.82) is 5.26 Å². The molecule has 2 saturated heterocycles. The van der Waals surface area contributed by atoms with Crippen LogP contribution in [-0.2, 0) is 16.5 Å². The first-order chi connectivity index (χ1) is 13.3. The SMILES string of the molecule is CC(C)(C)OC(=O)N1C2CCCC1CC(O)(c1ccc(C#N)c(C(F)(F)F)c1)C2. The van der Waals surface area contributed by atoms with E-state index in [1.54, 1.807) is 31.7 Å². The Morgan fingerprint density at radius 1 is 1.24 bits per heavy atom. The molecule has 0 saturated carbocycles. The molecule has 2 heterocycles. The number of hydrogen-bond acceptors (Lipinski definition) is 4.